The zero-order valence-electron chi connectivity index (χ0n) is 11.7. The zero-order chi connectivity index (χ0) is 15.1. The van der Waals surface area contributed by atoms with Gasteiger partial charge in [0.2, 0.25) is 11.8 Å². The Hall–Kier alpha value is -2.32. The van der Waals surface area contributed by atoms with Crippen molar-refractivity contribution >= 4 is 11.8 Å². The number of hydrogen-bond acceptors (Lipinski definition) is 3. The molecule has 2 rings (SSSR count). The van der Waals surface area contributed by atoms with Crippen molar-refractivity contribution in [1.82, 2.24) is 10.6 Å². The van der Waals surface area contributed by atoms with Crippen LogP contribution in [0.2, 0.25) is 0 Å². The molecular weight excluding hydrogens is 268 g/mol. The fourth-order valence-corrected chi connectivity index (χ4v) is 2.28. The highest BCUT2D eigenvalue weighted by Gasteiger charge is 2.23. The van der Waals surface area contributed by atoms with Gasteiger partial charge in [-0.15, -0.1) is 6.42 Å². The van der Waals surface area contributed by atoms with E-state index in [1.807, 2.05) is 18.2 Å². The van der Waals surface area contributed by atoms with Crippen LogP contribution in [0.3, 0.4) is 0 Å². The highest BCUT2D eigenvalue weighted by molar-refractivity contribution is 5.85. The number of ether oxygens (including phenoxy) is 1. The van der Waals surface area contributed by atoms with Gasteiger partial charge < -0.3 is 15.4 Å². The van der Waals surface area contributed by atoms with Crippen LogP contribution in [0, 0.1) is 12.3 Å². The molecule has 2 N–H and O–H groups in total. The molecule has 1 unspecified atom stereocenters. The molecule has 0 fully saturated rings. The van der Waals surface area contributed by atoms with Crippen LogP contribution >= 0.6 is 0 Å². The van der Waals surface area contributed by atoms with Crippen LogP contribution in [0.1, 0.15) is 23.7 Å². The maximum Gasteiger partial charge on any atom is 0.240 e. The van der Waals surface area contributed by atoms with Gasteiger partial charge in [0.25, 0.3) is 0 Å². The lowest BCUT2D eigenvalue weighted by Gasteiger charge is -2.25. The predicted octanol–water partition coefficient (Wildman–Crippen LogP) is 0.556. The van der Waals surface area contributed by atoms with Gasteiger partial charge in [0.05, 0.1) is 32.2 Å². The van der Waals surface area contributed by atoms with E-state index >= 15 is 0 Å². The second kappa shape index (κ2) is 7.46. The van der Waals surface area contributed by atoms with Crippen LogP contribution in [0.25, 0.3) is 0 Å². The summed E-state index contributed by atoms with van der Waals surface area (Å²) < 4.78 is 5.66. The fourth-order valence-electron chi connectivity index (χ4n) is 2.28. The van der Waals surface area contributed by atoms with Crippen molar-refractivity contribution in [3.05, 3.63) is 35.4 Å². The Morgan fingerprint density at radius 2 is 2.10 bits per heavy atom. The Morgan fingerprint density at radius 1 is 1.29 bits per heavy atom. The van der Waals surface area contributed by atoms with E-state index in [4.69, 9.17) is 11.2 Å². The molecule has 5 nitrogen and oxygen atoms in total. The van der Waals surface area contributed by atoms with Crippen molar-refractivity contribution < 1.29 is 14.3 Å². The Bertz CT molecular complexity index is 563. The van der Waals surface area contributed by atoms with E-state index < -0.39 is 0 Å². The van der Waals surface area contributed by atoms with Gasteiger partial charge in [-0.3, -0.25) is 9.59 Å². The Kier molecular flexibility index (Phi) is 5.35. The van der Waals surface area contributed by atoms with Crippen molar-refractivity contribution in [2.75, 3.05) is 19.7 Å². The minimum absolute atomic E-state index is 0.0745. The SMILES string of the molecule is C#CCNC(=O)CNC(=O)CC1OCCc2ccccc21. The molecule has 0 radical (unpaired) electrons. The molecule has 0 saturated heterocycles. The number of amides is 2. The molecule has 0 saturated carbocycles. The average molecular weight is 286 g/mol. The van der Waals surface area contributed by atoms with Crippen molar-refractivity contribution in [2.24, 2.45) is 0 Å². The van der Waals surface area contributed by atoms with Crippen molar-refractivity contribution in [1.29, 1.82) is 0 Å². The van der Waals surface area contributed by atoms with Crippen molar-refractivity contribution in [2.45, 2.75) is 18.9 Å². The molecule has 1 aliphatic rings. The van der Waals surface area contributed by atoms with Crippen LogP contribution < -0.4 is 10.6 Å². The first-order valence-electron chi connectivity index (χ1n) is 6.87. The first kappa shape index (κ1) is 15.1. The van der Waals surface area contributed by atoms with Crippen molar-refractivity contribution in [3.63, 3.8) is 0 Å². The van der Waals surface area contributed by atoms with Gasteiger partial charge in [-0.25, -0.2) is 0 Å². The summed E-state index contributed by atoms with van der Waals surface area (Å²) in [6, 6.07) is 7.95. The number of fused-ring (bicyclic) bond motifs is 1. The summed E-state index contributed by atoms with van der Waals surface area (Å²) in [6.45, 7) is 0.695. The third kappa shape index (κ3) is 4.33. The second-order valence-corrected chi connectivity index (χ2v) is 4.77. The number of nitrogens with one attached hydrogen (secondary N) is 2. The maximum atomic E-state index is 11.9. The number of rotatable bonds is 5. The summed E-state index contributed by atoms with van der Waals surface area (Å²) in [4.78, 5) is 23.2. The molecular formula is C16H18N2O3. The lowest BCUT2D eigenvalue weighted by atomic mass is 9.96. The standard InChI is InChI=1S/C16H18N2O3/c1-2-8-17-16(20)11-18-15(19)10-14-13-6-4-3-5-12(13)7-9-21-14/h1,3-6,14H,7-11H2,(H,17,20)(H,18,19). The molecule has 0 spiro atoms. The molecule has 1 aromatic rings. The first-order valence-corrected chi connectivity index (χ1v) is 6.87. The summed E-state index contributed by atoms with van der Waals surface area (Å²) in [5.74, 6) is 1.78. The van der Waals surface area contributed by atoms with Crippen molar-refractivity contribution in [3.8, 4) is 12.3 Å². The van der Waals surface area contributed by atoms with Crippen LogP contribution in [0.5, 0.6) is 0 Å². The number of benzene rings is 1. The highest BCUT2D eigenvalue weighted by Crippen LogP contribution is 2.29. The van der Waals surface area contributed by atoms with Gasteiger partial charge >= 0.3 is 0 Å². The molecule has 1 atom stereocenters. The summed E-state index contributed by atoms with van der Waals surface area (Å²) in [6.07, 6.45) is 5.86. The molecule has 1 aromatic carbocycles. The van der Waals surface area contributed by atoms with Crippen LogP contribution in [-0.4, -0.2) is 31.5 Å². The van der Waals surface area contributed by atoms with Crippen LogP contribution in [-0.2, 0) is 20.7 Å². The van der Waals surface area contributed by atoms with Gasteiger partial charge in [-0.1, -0.05) is 30.2 Å². The van der Waals surface area contributed by atoms with Gasteiger partial charge in [0.15, 0.2) is 0 Å². The Balaban J connectivity index is 1.84. The van der Waals surface area contributed by atoms with E-state index in [0.717, 1.165) is 12.0 Å². The Labute approximate surface area is 124 Å². The van der Waals surface area contributed by atoms with E-state index in [2.05, 4.69) is 22.6 Å². The van der Waals surface area contributed by atoms with Crippen LogP contribution in [0.15, 0.2) is 24.3 Å². The van der Waals surface area contributed by atoms with Gasteiger partial charge in [-0.2, -0.15) is 0 Å². The van der Waals surface area contributed by atoms with Gasteiger partial charge in [0.1, 0.15) is 0 Å². The lowest BCUT2D eigenvalue weighted by Crippen LogP contribution is -2.37. The minimum Gasteiger partial charge on any atom is -0.373 e. The van der Waals surface area contributed by atoms with E-state index in [0.29, 0.717) is 6.61 Å². The first-order chi connectivity index (χ1) is 10.2. The van der Waals surface area contributed by atoms with Gasteiger partial charge in [-0.05, 0) is 17.5 Å². The van der Waals surface area contributed by atoms with E-state index in [-0.39, 0.29) is 37.4 Å². The van der Waals surface area contributed by atoms with E-state index in [1.54, 1.807) is 0 Å². The smallest absolute Gasteiger partial charge is 0.240 e. The minimum atomic E-state index is -0.300. The molecule has 0 bridgehead atoms. The maximum absolute atomic E-state index is 11.9. The monoisotopic (exact) mass is 286 g/mol. The van der Waals surface area contributed by atoms with Gasteiger partial charge in [0, 0.05) is 0 Å². The molecule has 110 valence electrons. The van der Waals surface area contributed by atoms with E-state index in [9.17, 15) is 9.59 Å². The average Bonchev–Trinajstić information content (AvgIpc) is 2.51. The molecule has 2 amide bonds. The van der Waals surface area contributed by atoms with E-state index in [1.165, 1.54) is 5.56 Å². The molecule has 5 heteroatoms. The lowest BCUT2D eigenvalue weighted by molar-refractivity contribution is -0.128. The summed E-state index contributed by atoms with van der Waals surface area (Å²) in [7, 11) is 0. The van der Waals surface area contributed by atoms with Crippen LogP contribution in [0.4, 0.5) is 0 Å². The fraction of sp³-hybridized carbons (Fsp3) is 0.375. The normalized spacial score (nSPS) is 16.4. The summed E-state index contributed by atoms with van der Waals surface area (Å²) >= 11 is 0. The highest BCUT2D eigenvalue weighted by atomic mass is 16.5. The molecule has 1 aliphatic heterocycles. The topological polar surface area (TPSA) is 67.4 Å². The third-order valence-electron chi connectivity index (χ3n) is 3.30. The second-order valence-electron chi connectivity index (χ2n) is 4.77. The zero-order valence-corrected chi connectivity index (χ0v) is 11.7. The molecule has 0 aliphatic carbocycles. The summed E-state index contributed by atoms with van der Waals surface area (Å²) in [5, 5.41) is 5.06. The quantitative estimate of drug-likeness (QED) is 0.777. The third-order valence-corrected chi connectivity index (χ3v) is 3.30. The summed E-state index contributed by atoms with van der Waals surface area (Å²) in [5.41, 5.74) is 2.27. The molecule has 21 heavy (non-hydrogen) atoms. The molecule has 0 aromatic heterocycles. The molecule has 1 heterocycles. The number of hydrogen-bond donors (Lipinski definition) is 2. The number of carbonyl (C=O) groups is 2. The Morgan fingerprint density at radius 3 is 2.90 bits per heavy atom. The number of terminal acetylenes is 1. The predicted molar refractivity (Wildman–Crippen MR) is 78.3 cm³/mol. The largest absolute Gasteiger partial charge is 0.373 e. The number of carbonyl (C=O) groups excluding carboxylic acids is 2.